The Morgan fingerprint density at radius 3 is 2.62 bits per heavy atom. The van der Waals surface area contributed by atoms with Gasteiger partial charge in [-0.15, -0.1) is 0 Å². The number of carbonyl (C=O) groups is 1. The monoisotopic (exact) mass is 360 g/mol. The van der Waals surface area contributed by atoms with E-state index in [4.69, 9.17) is 0 Å². The van der Waals surface area contributed by atoms with Crippen LogP contribution in [0.1, 0.15) is 17.0 Å². The van der Waals surface area contributed by atoms with Crippen LogP contribution < -0.4 is 5.32 Å². The van der Waals surface area contributed by atoms with Gasteiger partial charge in [0.05, 0.1) is 12.0 Å². The number of hydrogen-bond acceptors (Lipinski definition) is 3. The van der Waals surface area contributed by atoms with Gasteiger partial charge in [-0.25, -0.2) is 4.98 Å². The Kier molecular flexibility index (Phi) is 4.75. The number of aryl methyl sites for hydroxylation is 1. The molecule has 0 aliphatic rings. The van der Waals surface area contributed by atoms with E-state index in [-0.39, 0.29) is 12.0 Å². The van der Waals surface area contributed by atoms with Gasteiger partial charge in [-0.05, 0) is 30.7 Å². The van der Waals surface area contributed by atoms with Crippen LogP contribution in [-0.2, 0) is 17.4 Å². The summed E-state index contributed by atoms with van der Waals surface area (Å²) in [7, 11) is 0. The molecular weight excluding hydrogens is 345 g/mol. The minimum Gasteiger partial charge on any atom is -0.326 e. The number of benzene rings is 2. The molecule has 5 nitrogen and oxygen atoms in total. The molecule has 0 saturated heterocycles. The molecule has 0 aliphatic carbocycles. The van der Waals surface area contributed by atoms with E-state index in [1.54, 1.807) is 31.2 Å². The second-order valence-corrected chi connectivity index (χ2v) is 5.71. The highest BCUT2D eigenvalue weighted by molar-refractivity contribution is 5.93. The molecule has 0 unspecified atom stereocenters. The Balaban J connectivity index is 1.76. The Labute approximate surface area is 147 Å². The first-order chi connectivity index (χ1) is 12.3. The van der Waals surface area contributed by atoms with Crippen LogP contribution in [-0.4, -0.2) is 21.1 Å². The van der Waals surface area contributed by atoms with E-state index in [9.17, 15) is 18.0 Å². The molecule has 1 aromatic heterocycles. The third kappa shape index (κ3) is 4.08. The SMILES string of the molecule is Cc1nc(-c2cccc(NC(=O)Cc3ccccc3C(F)(F)F)c2)n[nH]1. The topological polar surface area (TPSA) is 70.7 Å². The van der Waals surface area contributed by atoms with Crippen molar-refractivity contribution in [3.05, 3.63) is 65.5 Å². The number of amides is 1. The smallest absolute Gasteiger partial charge is 0.326 e. The van der Waals surface area contributed by atoms with Gasteiger partial charge >= 0.3 is 6.18 Å². The van der Waals surface area contributed by atoms with Gasteiger partial charge in [0.15, 0.2) is 5.82 Å². The third-order valence-corrected chi connectivity index (χ3v) is 3.68. The lowest BCUT2D eigenvalue weighted by molar-refractivity contribution is -0.138. The summed E-state index contributed by atoms with van der Waals surface area (Å²) in [6.45, 7) is 1.76. The molecule has 0 saturated carbocycles. The van der Waals surface area contributed by atoms with Crippen LogP contribution in [0.15, 0.2) is 48.5 Å². The van der Waals surface area contributed by atoms with Crippen LogP contribution in [0, 0.1) is 6.92 Å². The largest absolute Gasteiger partial charge is 0.416 e. The maximum Gasteiger partial charge on any atom is 0.416 e. The number of nitrogens with one attached hydrogen (secondary N) is 2. The summed E-state index contributed by atoms with van der Waals surface area (Å²) in [4.78, 5) is 16.4. The van der Waals surface area contributed by atoms with Gasteiger partial charge in [0.25, 0.3) is 0 Å². The molecular formula is C18H15F3N4O. The van der Waals surface area contributed by atoms with Gasteiger partial charge in [-0.3, -0.25) is 9.89 Å². The number of halogens is 3. The van der Waals surface area contributed by atoms with E-state index in [2.05, 4.69) is 20.5 Å². The average Bonchev–Trinajstić information content (AvgIpc) is 3.01. The molecule has 3 rings (SSSR count). The minimum atomic E-state index is -4.50. The number of aromatic amines is 1. The molecule has 0 fully saturated rings. The highest BCUT2D eigenvalue weighted by atomic mass is 19.4. The lowest BCUT2D eigenvalue weighted by Crippen LogP contribution is -2.18. The van der Waals surface area contributed by atoms with Crippen LogP contribution in [0.2, 0.25) is 0 Å². The van der Waals surface area contributed by atoms with Crippen molar-refractivity contribution in [1.29, 1.82) is 0 Å². The second-order valence-electron chi connectivity index (χ2n) is 5.71. The first kappa shape index (κ1) is 17.7. The van der Waals surface area contributed by atoms with Crippen molar-refractivity contribution in [2.24, 2.45) is 0 Å². The van der Waals surface area contributed by atoms with Gasteiger partial charge in [0.2, 0.25) is 5.91 Å². The van der Waals surface area contributed by atoms with Crippen molar-refractivity contribution in [3.63, 3.8) is 0 Å². The van der Waals surface area contributed by atoms with E-state index in [0.717, 1.165) is 6.07 Å². The quantitative estimate of drug-likeness (QED) is 0.739. The summed E-state index contributed by atoms with van der Waals surface area (Å²) in [6.07, 6.45) is -4.88. The summed E-state index contributed by atoms with van der Waals surface area (Å²) in [5.41, 5.74) is 0.264. The molecule has 134 valence electrons. The maximum atomic E-state index is 13.0. The molecule has 0 aliphatic heterocycles. The van der Waals surface area contributed by atoms with Gasteiger partial charge < -0.3 is 5.32 Å². The summed E-state index contributed by atoms with van der Waals surface area (Å²) in [5, 5.41) is 9.38. The van der Waals surface area contributed by atoms with Crippen molar-refractivity contribution in [3.8, 4) is 11.4 Å². The van der Waals surface area contributed by atoms with Crippen molar-refractivity contribution >= 4 is 11.6 Å². The molecule has 3 aromatic rings. The number of anilines is 1. The summed E-state index contributed by atoms with van der Waals surface area (Å²) in [6, 6.07) is 11.8. The van der Waals surface area contributed by atoms with Crippen LogP contribution in [0.3, 0.4) is 0 Å². The third-order valence-electron chi connectivity index (χ3n) is 3.68. The highest BCUT2D eigenvalue weighted by Gasteiger charge is 2.33. The number of H-pyrrole nitrogens is 1. The molecule has 2 aromatic carbocycles. The van der Waals surface area contributed by atoms with E-state index in [1.807, 2.05) is 0 Å². The standard InChI is InChI=1S/C18H15F3N4O/c1-11-22-17(25-24-11)13-6-4-7-14(9-13)23-16(26)10-12-5-2-3-8-15(12)18(19,20)21/h2-9H,10H2,1H3,(H,23,26)(H,22,24,25). The van der Waals surface area contributed by atoms with Gasteiger partial charge in [-0.2, -0.15) is 18.3 Å². The lowest BCUT2D eigenvalue weighted by Gasteiger charge is -2.12. The second kappa shape index (κ2) is 6.99. The Hall–Kier alpha value is -3.16. The molecule has 26 heavy (non-hydrogen) atoms. The molecule has 8 heteroatoms. The predicted octanol–water partition coefficient (Wildman–Crippen LogP) is 3.98. The Morgan fingerprint density at radius 1 is 1.15 bits per heavy atom. The van der Waals surface area contributed by atoms with Crippen molar-refractivity contribution in [1.82, 2.24) is 15.2 Å². The first-order valence-corrected chi connectivity index (χ1v) is 7.77. The zero-order valence-corrected chi connectivity index (χ0v) is 13.8. The van der Waals surface area contributed by atoms with Gasteiger partial charge in [-0.1, -0.05) is 30.3 Å². The Bertz CT molecular complexity index is 934. The van der Waals surface area contributed by atoms with E-state index in [0.29, 0.717) is 22.9 Å². The molecule has 1 amide bonds. The Morgan fingerprint density at radius 2 is 1.92 bits per heavy atom. The predicted molar refractivity (Wildman–Crippen MR) is 90.3 cm³/mol. The zero-order chi connectivity index (χ0) is 18.7. The lowest BCUT2D eigenvalue weighted by atomic mass is 10.0. The van der Waals surface area contributed by atoms with Gasteiger partial charge in [0.1, 0.15) is 5.82 Å². The number of hydrogen-bond donors (Lipinski definition) is 2. The molecule has 0 spiro atoms. The van der Waals surface area contributed by atoms with E-state index in [1.165, 1.54) is 18.2 Å². The van der Waals surface area contributed by atoms with E-state index >= 15 is 0 Å². The highest BCUT2D eigenvalue weighted by Crippen LogP contribution is 2.32. The summed E-state index contributed by atoms with van der Waals surface area (Å²) in [5.74, 6) is 0.587. The molecule has 0 radical (unpaired) electrons. The van der Waals surface area contributed by atoms with Crippen molar-refractivity contribution in [2.75, 3.05) is 5.32 Å². The fraction of sp³-hybridized carbons (Fsp3) is 0.167. The number of carbonyl (C=O) groups excluding carboxylic acids is 1. The summed E-state index contributed by atoms with van der Waals surface area (Å²) < 4.78 is 39.1. The fourth-order valence-corrected chi connectivity index (χ4v) is 2.54. The number of nitrogens with zero attached hydrogens (tertiary/aromatic N) is 2. The van der Waals surface area contributed by atoms with Crippen LogP contribution in [0.4, 0.5) is 18.9 Å². The molecule has 0 atom stereocenters. The maximum absolute atomic E-state index is 13.0. The van der Waals surface area contributed by atoms with E-state index < -0.39 is 17.6 Å². The first-order valence-electron chi connectivity index (χ1n) is 7.77. The van der Waals surface area contributed by atoms with Crippen LogP contribution >= 0.6 is 0 Å². The summed E-state index contributed by atoms with van der Waals surface area (Å²) >= 11 is 0. The number of aromatic nitrogens is 3. The minimum absolute atomic E-state index is 0.0711. The number of alkyl halides is 3. The molecule has 0 bridgehead atoms. The zero-order valence-electron chi connectivity index (χ0n) is 13.8. The van der Waals surface area contributed by atoms with Crippen molar-refractivity contribution < 1.29 is 18.0 Å². The van der Waals surface area contributed by atoms with Crippen molar-refractivity contribution in [2.45, 2.75) is 19.5 Å². The van der Waals surface area contributed by atoms with Gasteiger partial charge in [0, 0.05) is 11.3 Å². The average molecular weight is 360 g/mol. The normalized spacial score (nSPS) is 11.4. The van der Waals surface area contributed by atoms with Crippen LogP contribution in [0.25, 0.3) is 11.4 Å². The number of rotatable bonds is 4. The van der Waals surface area contributed by atoms with Crippen LogP contribution in [0.5, 0.6) is 0 Å². The molecule has 1 heterocycles. The fourth-order valence-electron chi connectivity index (χ4n) is 2.54. The molecule has 2 N–H and O–H groups in total.